The van der Waals surface area contributed by atoms with Crippen LogP contribution in [-0.4, -0.2) is 31.4 Å². The van der Waals surface area contributed by atoms with E-state index in [0.29, 0.717) is 22.7 Å². The van der Waals surface area contributed by atoms with E-state index < -0.39 is 0 Å². The number of thioether (sulfide) groups is 1. The molecule has 2 heterocycles. The highest BCUT2D eigenvalue weighted by Crippen LogP contribution is 2.26. The Bertz CT molecular complexity index is 928. The first-order valence-corrected chi connectivity index (χ1v) is 11.0. The molecule has 0 saturated carbocycles. The fraction of sp³-hybridized carbons (Fsp3) is 0.222. The van der Waals surface area contributed by atoms with Gasteiger partial charge in [-0.15, -0.1) is 28.1 Å². The lowest BCUT2D eigenvalue weighted by molar-refractivity contribution is -0.113. The largest absolute Gasteiger partial charge is 0.483 e. The van der Waals surface area contributed by atoms with E-state index >= 15 is 0 Å². The number of carbonyl (C=O) groups excluding carboxylic acids is 1. The molecule has 0 spiro atoms. The number of amides is 1. The second-order valence-corrected chi connectivity index (χ2v) is 8.38. The lowest BCUT2D eigenvalue weighted by Gasteiger charge is -2.15. The van der Waals surface area contributed by atoms with E-state index in [2.05, 4.69) is 43.0 Å². The number of nitrogens with one attached hydrogen (secondary N) is 1. The second kappa shape index (κ2) is 9.85. The van der Waals surface area contributed by atoms with Gasteiger partial charge in [0.15, 0.2) is 22.2 Å². The van der Waals surface area contributed by atoms with Crippen molar-refractivity contribution in [3.8, 4) is 5.75 Å². The van der Waals surface area contributed by atoms with Gasteiger partial charge in [0.2, 0.25) is 5.91 Å². The van der Waals surface area contributed by atoms with E-state index in [0.717, 1.165) is 10.2 Å². The quantitative estimate of drug-likeness (QED) is 0.357. The first-order valence-electron chi connectivity index (χ1n) is 8.35. The van der Waals surface area contributed by atoms with Crippen LogP contribution in [0.3, 0.4) is 0 Å². The molecule has 0 aliphatic rings. The Morgan fingerprint density at radius 1 is 1.43 bits per heavy atom. The number of hydrogen-bond acceptors (Lipinski definition) is 7. The molecule has 0 radical (unpaired) electrons. The second-order valence-electron chi connectivity index (χ2n) is 5.63. The summed E-state index contributed by atoms with van der Waals surface area (Å²) in [5.74, 6) is 1.47. The van der Waals surface area contributed by atoms with Crippen LogP contribution < -0.4 is 10.1 Å². The van der Waals surface area contributed by atoms with Crippen LogP contribution in [0.5, 0.6) is 5.75 Å². The number of carbonyl (C=O) groups is 1. The standard InChI is InChI=1S/C18H18BrN5O2S2/c1-3-9-24-16(12(2)26-14-6-4-13(19)5-7-14)22-23-18(24)28-11-15(25)21-17-20-8-10-27-17/h3-8,10,12H,1,9,11H2,2H3,(H,20,21,25). The molecule has 1 atom stereocenters. The molecule has 1 aromatic carbocycles. The van der Waals surface area contributed by atoms with E-state index in [1.54, 1.807) is 12.3 Å². The van der Waals surface area contributed by atoms with Crippen molar-refractivity contribution in [3.05, 3.63) is 58.8 Å². The van der Waals surface area contributed by atoms with Crippen LogP contribution in [0, 0.1) is 0 Å². The zero-order valence-electron chi connectivity index (χ0n) is 15.0. The zero-order valence-corrected chi connectivity index (χ0v) is 18.3. The highest BCUT2D eigenvalue weighted by atomic mass is 79.9. The van der Waals surface area contributed by atoms with Gasteiger partial charge < -0.3 is 10.1 Å². The Balaban J connectivity index is 1.67. The molecule has 1 unspecified atom stereocenters. The van der Waals surface area contributed by atoms with Gasteiger partial charge >= 0.3 is 0 Å². The number of halogens is 1. The summed E-state index contributed by atoms with van der Waals surface area (Å²) >= 11 is 6.09. The third kappa shape index (κ3) is 5.43. The average Bonchev–Trinajstić information content (AvgIpc) is 3.32. The predicted octanol–water partition coefficient (Wildman–Crippen LogP) is 4.55. The fourth-order valence-electron chi connectivity index (χ4n) is 2.35. The Morgan fingerprint density at radius 3 is 2.89 bits per heavy atom. The summed E-state index contributed by atoms with van der Waals surface area (Å²) in [4.78, 5) is 16.1. The Morgan fingerprint density at radius 2 is 2.21 bits per heavy atom. The van der Waals surface area contributed by atoms with Crippen molar-refractivity contribution in [1.29, 1.82) is 0 Å². The van der Waals surface area contributed by atoms with Crippen molar-refractivity contribution in [2.75, 3.05) is 11.1 Å². The summed E-state index contributed by atoms with van der Waals surface area (Å²) in [6.45, 7) is 6.23. The Kier molecular flexibility index (Phi) is 7.24. The molecule has 0 aliphatic carbocycles. The maximum Gasteiger partial charge on any atom is 0.236 e. The van der Waals surface area contributed by atoms with Gasteiger partial charge in [-0.05, 0) is 31.2 Å². The number of rotatable bonds is 9. The molecule has 28 heavy (non-hydrogen) atoms. The highest BCUT2D eigenvalue weighted by molar-refractivity contribution is 9.10. The van der Waals surface area contributed by atoms with Crippen LogP contribution in [0.4, 0.5) is 5.13 Å². The van der Waals surface area contributed by atoms with E-state index in [4.69, 9.17) is 4.74 Å². The lowest BCUT2D eigenvalue weighted by atomic mass is 10.3. The minimum Gasteiger partial charge on any atom is -0.483 e. The number of anilines is 1. The normalized spacial score (nSPS) is 11.8. The summed E-state index contributed by atoms with van der Waals surface area (Å²) in [6.07, 6.45) is 3.10. The maximum absolute atomic E-state index is 12.1. The number of hydrogen-bond donors (Lipinski definition) is 1. The summed E-state index contributed by atoms with van der Waals surface area (Å²) in [6, 6.07) is 7.60. The minimum atomic E-state index is -0.313. The van der Waals surface area contributed by atoms with Gasteiger partial charge in [0.1, 0.15) is 5.75 Å². The van der Waals surface area contributed by atoms with Crippen LogP contribution in [0.2, 0.25) is 0 Å². The third-order valence-electron chi connectivity index (χ3n) is 3.56. The molecule has 3 rings (SSSR count). The molecule has 1 amide bonds. The van der Waals surface area contributed by atoms with E-state index in [-0.39, 0.29) is 17.8 Å². The van der Waals surface area contributed by atoms with E-state index in [1.165, 1.54) is 23.1 Å². The highest BCUT2D eigenvalue weighted by Gasteiger charge is 2.20. The van der Waals surface area contributed by atoms with Crippen molar-refractivity contribution >= 4 is 50.1 Å². The molecule has 1 N–H and O–H groups in total. The fourth-order valence-corrected chi connectivity index (χ4v) is 3.91. The number of benzene rings is 1. The number of allylic oxidation sites excluding steroid dienone is 1. The first kappa shape index (κ1) is 20.6. The van der Waals surface area contributed by atoms with Crippen molar-refractivity contribution in [3.63, 3.8) is 0 Å². The molecule has 7 nitrogen and oxygen atoms in total. The van der Waals surface area contributed by atoms with Crippen LogP contribution in [0.15, 0.2) is 58.1 Å². The minimum absolute atomic E-state index is 0.145. The third-order valence-corrected chi connectivity index (χ3v) is 5.74. The molecular weight excluding hydrogens is 462 g/mol. The van der Waals surface area contributed by atoms with Gasteiger partial charge in [0.25, 0.3) is 0 Å². The molecule has 0 aliphatic heterocycles. The number of thiazole rings is 1. The lowest BCUT2D eigenvalue weighted by Crippen LogP contribution is -2.15. The zero-order chi connectivity index (χ0) is 19.9. The maximum atomic E-state index is 12.1. The molecule has 0 fully saturated rings. The molecule has 0 saturated heterocycles. The summed E-state index contributed by atoms with van der Waals surface area (Å²) in [7, 11) is 0. The van der Waals surface area contributed by atoms with Crippen molar-refractivity contribution < 1.29 is 9.53 Å². The van der Waals surface area contributed by atoms with Crippen LogP contribution in [0.25, 0.3) is 0 Å². The SMILES string of the molecule is C=CCn1c(SCC(=O)Nc2nccs2)nnc1C(C)Oc1ccc(Br)cc1. The molecule has 146 valence electrons. The van der Waals surface area contributed by atoms with Gasteiger partial charge in [0.05, 0.1) is 5.75 Å². The average molecular weight is 480 g/mol. The van der Waals surface area contributed by atoms with Gasteiger partial charge in [-0.3, -0.25) is 9.36 Å². The summed E-state index contributed by atoms with van der Waals surface area (Å²) < 4.78 is 8.86. The van der Waals surface area contributed by atoms with Crippen LogP contribution in [-0.2, 0) is 11.3 Å². The summed E-state index contributed by atoms with van der Waals surface area (Å²) in [5, 5.41) is 14.3. The molecule has 0 bridgehead atoms. The first-order chi connectivity index (χ1) is 13.6. The molecule has 10 heteroatoms. The van der Waals surface area contributed by atoms with Gasteiger partial charge in [-0.1, -0.05) is 33.8 Å². The number of nitrogens with zero attached hydrogens (tertiary/aromatic N) is 4. The monoisotopic (exact) mass is 479 g/mol. The van der Waals surface area contributed by atoms with Crippen molar-refractivity contribution in [2.45, 2.75) is 24.7 Å². The smallest absolute Gasteiger partial charge is 0.236 e. The number of ether oxygens (including phenoxy) is 1. The van der Waals surface area contributed by atoms with E-state index in [1.807, 2.05) is 41.1 Å². The number of aromatic nitrogens is 4. The van der Waals surface area contributed by atoms with Crippen molar-refractivity contribution in [2.24, 2.45) is 0 Å². The Hall–Kier alpha value is -2.17. The molecule has 3 aromatic rings. The van der Waals surface area contributed by atoms with Gasteiger partial charge in [-0.25, -0.2) is 4.98 Å². The molecular formula is C18H18BrN5O2S2. The van der Waals surface area contributed by atoms with Gasteiger partial charge in [-0.2, -0.15) is 0 Å². The van der Waals surface area contributed by atoms with Crippen LogP contribution >= 0.6 is 39.0 Å². The van der Waals surface area contributed by atoms with E-state index in [9.17, 15) is 4.79 Å². The Labute approximate surface area is 179 Å². The summed E-state index contributed by atoms with van der Waals surface area (Å²) in [5.41, 5.74) is 0. The topological polar surface area (TPSA) is 81.9 Å². The van der Waals surface area contributed by atoms with Crippen molar-refractivity contribution in [1.82, 2.24) is 19.7 Å². The predicted molar refractivity (Wildman–Crippen MR) is 115 cm³/mol. The molecule has 2 aromatic heterocycles. The van der Waals surface area contributed by atoms with Gasteiger partial charge in [0, 0.05) is 22.6 Å². The van der Waals surface area contributed by atoms with Crippen LogP contribution in [0.1, 0.15) is 18.9 Å².